The maximum absolute atomic E-state index is 13.8. The smallest absolute Gasteiger partial charge is 0.271 e. The van der Waals surface area contributed by atoms with Crippen molar-refractivity contribution in [3.63, 3.8) is 0 Å². The Morgan fingerprint density at radius 1 is 1.00 bits per heavy atom. The van der Waals surface area contributed by atoms with Crippen molar-refractivity contribution in [2.75, 3.05) is 6.61 Å². The number of halogens is 1. The molecule has 0 unspecified atom stereocenters. The van der Waals surface area contributed by atoms with Gasteiger partial charge >= 0.3 is 0 Å². The SMILES string of the molecule is CCCOc1ccc(-c2nn(-c3ccccc3)cc2/C=C2/C(=O)N(Cc3ccc(F)cc3)C(=O)C(C#N)=C2C)cc1C. The number of aryl methyl sites for hydroxylation is 1. The highest BCUT2D eigenvalue weighted by atomic mass is 19.1. The predicted molar refractivity (Wildman–Crippen MR) is 158 cm³/mol. The third-order valence-electron chi connectivity index (χ3n) is 7.05. The molecule has 4 aromatic rings. The number of imide groups is 1. The molecule has 8 heteroatoms. The normalized spacial score (nSPS) is 14.5. The highest BCUT2D eigenvalue weighted by Gasteiger charge is 2.35. The average Bonchev–Trinajstić information content (AvgIpc) is 3.42. The van der Waals surface area contributed by atoms with Gasteiger partial charge in [-0.1, -0.05) is 37.3 Å². The highest BCUT2D eigenvalue weighted by molar-refractivity contribution is 6.19. The molecule has 2 heterocycles. The van der Waals surface area contributed by atoms with Gasteiger partial charge in [0.2, 0.25) is 0 Å². The Morgan fingerprint density at radius 3 is 2.40 bits per heavy atom. The van der Waals surface area contributed by atoms with Gasteiger partial charge < -0.3 is 4.74 Å². The Kier molecular flexibility index (Phi) is 8.12. The predicted octanol–water partition coefficient (Wildman–Crippen LogP) is 6.57. The fraction of sp³-hybridized carbons (Fsp3) is 0.176. The first-order valence-electron chi connectivity index (χ1n) is 13.6. The summed E-state index contributed by atoms with van der Waals surface area (Å²) in [6.45, 7) is 6.14. The summed E-state index contributed by atoms with van der Waals surface area (Å²) in [5.41, 5.74) is 4.80. The van der Waals surface area contributed by atoms with Crippen LogP contribution in [0.3, 0.4) is 0 Å². The minimum Gasteiger partial charge on any atom is -0.493 e. The topological polar surface area (TPSA) is 88.2 Å². The number of rotatable bonds is 8. The number of para-hydroxylation sites is 1. The van der Waals surface area contributed by atoms with Crippen molar-refractivity contribution >= 4 is 17.9 Å². The monoisotopic (exact) mass is 560 g/mol. The molecule has 1 aliphatic heterocycles. The van der Waals surface area contributed by atoms with Gasteiger partial charge in [-0.3, -0.25) is 14.5 Å². The van der Waals surface area contributed by atoms with Crippen LogP contribution >= 0.6 is 0 Å². The summed E-state index contributed by atoms with van der Waals surface area (Å²) < 4.78 is 21.1. The summed E-state index contributed by atoms with van der Waals surface area (Å²) in [5, 5.41) is 14.7. The summed E-state index contributed by atoms with van der Waals surface area (Å²) in [5.74, 6) is -0.858. The summed E-state index contributed by atoms with van der Waals surface area (Å²) in [4.78, 5) is 28.0. The van der Waals surface area contributed by atoms with Crippen LogP contribution in [0, 0.1) is 24.1 Å². The zero-order valence-corrected chi connectivity index (χ0v) is 23.6. The Labute approximate surface area is 243 Å². The van der Waals surface area contributed by atoms with Crippen LogP contribution in [0.1, 0.15) is 37.0 Å². The lowest BCUT2D eigenvalue weighted by molar-refractivity contribution is -0.141. The number of amides is 2. The van der Waals surface area contributed by atoms with E-state index in [0.717, 1.165) is 33.9 Å². The molecular formula is C34H29FN4O3. The molecule has 0 atom stereocenters. The molecule has 7 nitrogen and oxygen atoms in total. The van der Waals surface area contributed by atoms with E-state index in [9.17, 15) is 19.2 Å². The molecule has 5 rings (SSSR count). The minimum atomic E-state index is -0.681. The summed E-state index contributed by atoms with van der Waals surface area (Å²) >= 11 is 0. The summed E-state index contributed by atoms with van der Waals surface area (Å²) in [7, 11) is 0. The number of aromatic nitrogens is 2. The van der Waals surface area contributed by atoms with E-state index in [1.807, 2.05) is 67.7 Å². The van der Waals surface area contributed by atoms with Gasteiger partial charge in [0.1, 0.15) is 23.2 Å². The first kappa shape index (κ1) is 28.2. The minimum absolute atomic E-state index is 0.0949. The third-order valence-corrected chi connectivity index (χ3v) is 7.05. The number of carbonyl (C=O) groups excluding carboxylic acids is 2. The first-order valence-corrected chi connectivity index (χ1v) is 13.6. The van der Waals surface area contributed by atoms with E-state index in [1.165, 1.54) is 24.3 Å². The van der Waals surface area contributed by atoms with Crippen molar-refractivity contribution in [1.29, 1.82) is 5.26 Å². The Bertz CT molecular complexity index is 1760. The second-order valence-electron chi connectivity index (χ2n) is 10.0. The maximum atomic E-state index is 13.8. The van der Waals surface area contributed by atoms with E-state index in [4.69, 9.17) is 9.84 Å². The molecule has 0 N–H and O–H groups in total. The van der Waals surface area contributed by atoms with Crippen LogP contribution in [0.15, 0.2) is 95.7 Å². The van der Waals surface area contributed by atoms with Gasteiger partial charge in [0.15, 0.2) is 0 Å². The van der Waals surface area contributed by atoms with Gasteiger partial charge in [-0.25, -0.2) is 9.07 Å². The van der Waals surface area contributed by atoms with Gasteiger partial charge in [0, 0.05) is 22.9 Å². The number of carbonyl (C=O) groups is 2. The van der Waals surface area contributed by atoms with Gasteiger partial charge in [0.25, 0.3) is 11.8 Å². The first-order chi connectivity index (χ1) is 20.3. The molecule has 0 aliphatic carbocycles. The molecule has 1 aliphatic rings. The molecule has 2 amide bonds. The van der Waals surface area contributed by atoms with Crippen LogP contribution in [0.5, 0.6) is 5.75 Å². The molecule has 42 heavy (non-hydrogen) atoms. The summed E-state index contributed by atoms with van der Waals surface area (Å²) in [6, 6.07) is 22.9. The van der Waals surface area contributed by atoms with Crippen LogP contribution in [-0.2, 0) is 16.1 Å². The van der Waals surface area contributed by atoms with Gasteiger partial charge in [-0.05, 0) is 85.5 Å². The molecule has 0 radical (unpaired) electrons. The molecular weight excluding hydrogens is 531 g/mol. The highest BCUT2D eigenvalue weighted by Crippen LogP contribution is 2.33. The van der Waals surface area contributed by atoms with Crippen LogP contribution in [0.4, 0.5) is 4.39 Å². The maximum Gasteiger partial charge on any atom is 0.271 e. The van der Waals surface area contributed by atoms with Gasteiger partial charge in [-0.15, -0.1) is 0 Å². The van der Waals surface area contributed by atoms with Crippen LogP contribution < -0.4 is 4.74 Å². The van der Waals surface area contributed by atoms with Crippen LogP contribution in [0.2, 0.25) is 0 Å². The lowest BCUT2D eigenvalue weighted by Gasteiger charge is -2.27. The molecule has 1 aromatic heterocycles. The van der Waals surface area contributed by atoms with Crippen molar-refractivity contribution < 1.29 is 18.7 Å². The number of hydrogen-bond donors (Lipinski definition) is 0. The largest absolute Gasteiger partial charge is 0.493 e. The fourth-order valence-electron chi connectivity index (χ4n) is 4.80. The number of nitriles is 1. The van der Waals surface area contributed by atoms with E-state index in [2.05, 4.69) is 6.92 Å². The Morgan fingerprint density at radius 2 is 1.74 bits per heavy atom. The van der Waals surface area contributed by atoms with Crippen molar-refractivity contribution in [1.82, 2.24) is 14.7 Å². The Balaban J connectivity index is 1.63. The number of nitrogens with zero attached hydrogens (tertiary/aromatic N) is 4. The second kappa shape index (κ2) is 12.1. The molecule has 210 valence electrons. The zero-order chi connectivity index (χ0) is 29.8. The van der Waals surface area contributed by atoms with E-state index in [1.54, 1.807) is 17.7 Å². The van der Waals surface area contributed by atoms with Gasteiger partial charge in [-0.2, -0.15) is 10.4 Å². The van der Waals surface area contributed by atoms with E-state index < -0.39 is 17.6 Å². The fourth-order valence-corrected chi connectivity index (χ4v) is 4.80. The van der Waals surface area contributed by atoms with E-state index >= 15 is 0 Å². The van der Waals surface area contributed by atoms with Crippen LogP contribution in [0.25, 0.3) is 23.0 Å². The second-order valence-corrected chi connectivity index (χ2v) is 10.0. The molecule has 3 aromatic carbocycles. The molecule has 0 saturated heterocycles. The molecule has 0 spiro atoms. The quantitative estimate of drug-likeness (QED) is 0.180. The zero-order valence-electron chi connectivity index (χ0n) is 23.6. The summed E-state index contributed by atoms with van der Waals surface area (Å²) in [6.07, 6.45) is 4.40. The lowest BCUT2D eigenvalue weighted by Crippen LogP contribution is -2.42. The standard InChI is InChI=1S/C34H29FN4O3/c1-4-16-42-31-15-12-25(17-22(31)2)32-26(21-39(37-32)28-8-6-5-7-9-28)18-29-23(3)30(19-36)34(41)38(33(29)40)20-24-10-13-27(35)14-11-24/h5-15,17-18,21H,4,16,20H2,1-3H3/b29-18+. The number of ether oxygens (including phenoxy) is 1. The molecule has 0 saturated carbocycles. The van der Waals surface area contributed by atoms with Crippen molar-refractivity contribution in [3.8, 4) is 28.8 Å². The van der Waals surface area contributed by atoms with E-state index in [0.29, 0.717) is 29.0 Å². The van der Waals surface area contributed by atoms with Gasteiger partial charge in [0.05, 0.1) is 24.5 Å². The molecule has 0 bridgehead atoms. The lowest BCUT2D eigenvalue weighted by atomic mass is 9.93. The third kappa shape index (κ3) is 5.63. The number of benzene rings is 3. The number of hydrogen-bond acceptors (Lipinski definition) is 5. The average molecular weight is 561 g/mol. The van der Waals surface area contributed by atoms with Crippen molar-refractivity contribution in [3.05, 3.63) is 118 Å². The van der Waals surface area contributed by atoms with Crippen molar-refractivity contribution in [2.24, 2.45) is 0 Å². The van der Waals surface area contributed by atoms with E-state index in [-0.39, 0.29) is 17.7 Å². The van der Waals surface area contributed by atoms with Crippen LogP contribution in [-0.4, -0.2) is 33.1 Å². The van der Waals surface area contributed by atoms with Crippen molar-refractivity contribution in [2.45, 2.75) is 33.7 Å². The Hall–Kier alpha value is -5.29. The molecule has 0 fully saturated rings.